The van der Waals surface area contributed by atoms with Crippen LogP contribution in [0, 0.1) is 0 Å². The molecule has 0 saturated heterocycles. The number of benzene rings is 1. The van der Waals surface area contributed by atoms with Gasteiger partial charge in [-0.2, -0.15) is 65.9 Å². The molecule has 0 bridgehead atoms. The van der Waals surface area contributed by atoms with Crippen molar-refractivity contribution in [2.24, 2.45) is 0 Å². The third-order valence-electron chi connectivity index (χ3n) is 3.83. The number of phenols is 1. The normalized spacial score (nSPS) is 15.5. The molecule has 33 heavy (non-hydrogen) atoms. The average molecular weight is 524 g/mol. The maximum atomic E-state index is 13.8. The van der Waals surface area contributed by atoms with Crippen molar-refractivity contribution in [3.63, 3.8) is 0 Å². The fraction of sp³-hybridized carbons (Fsp3) is 0.571. The van der Waals surface area contributed by atoms with Gasteiger partial charge in [0.25, 0.3) is 0 Å². The maximum absolute atomic E-state index is 13.8. The lowest BCUT2D eigenvalue weighted by molar-refractivity contribution is -0.489. The standard InChI is InChI=1S/C14H7F15O4/c15-7(16,9(19,20)11(23,24)13(27,28)29)8(17,18)10(21,22)12(25,26)14(31,32)33-6-3-1-5(30)2-4-6/h1-4,30-32H. The minimum absolute atomic E-state index is 0.273. The molecular weight excluding hydrogens is 517 g/mol. The van der Waals surface area contributed by atoms with E-state index >= 15 is 0 Å². The summed E-state index contributed by atoms with van der Waals surface area (Å²) in [6.45, 7) is 0. The van der Waals surface area contributed by atoms with Crippen LogP contribution in [0.15, 0.2) is 24.3 Å². The summed E-state index contributed by atoms with van der Waals surface area (Å²) in [6.07, 6.45) is -7.76. The summed E-state index contributed by atoms with van der Waals surface area (Å²) in [5, 5.41) is 26.8. The molecule has 1 aromatic carbocycles. The van der Waals surface area contributed by atoms with Crippen molar-refractivity contribution < 1.29 is 85.9 Å². The van der Waals surface area contributed by atoms with Gasteiger partial charge in [0.15, 0.2) is 0 Å². The van der Waals surface area contributed by atoms with Crippen LogP contribution in [-0.4, -0.2) is 63.0 Å². The monoisotopic (exact) mass is 524 g/mol. The van der Waals surface area contributed by atoms with Crippen molar-refractivity contribution in [3.05, 3.63) is 24.3 Å². The molecule has 0 aliphatic heterocycles. The zero-order chi connectivity index (χ0) is 26.7. The molecule has 0 aromatic heterocycles. The van der Waals surface area contributed by atoms with E-state index in [-0.39, 0.29) is 12.1 Å². The summed E-state index contributed by atoms with van der Waals surface area (Å²) in [5.41, 5.74) is 0. The van der Waals surface area contributed by atoms with Crippen LogP contribution >= 0.6 is 0 Å². The lowest BCUT2D eigenvalue weighted by atomic mass is 9.90. The molecule has 1 rings (SSSR count). The quantitative estimate of drug-likeness (QED) is 0.338. The number of hydrogen-bond donors (Lipinski definition) is 3. The first kappa shape index (κ1) is 28.7. The Kier molecular flexibility index (Phi) is 6.62. The number of ether oxygens (including phenoxy) is 1. The first-order chi connectivity index (χ1) is 14.2. The van der Waals surface area contributed by atoms with E-state index in [1.807, 2.05) is 0 Å². The molecule has 0 aliphatic carbocycles. The Morgan fingerprint density at radius 3 is 1.12 bits per heavy atom. The summed E-state index contributed by atoms with van der Waals surface area (Å²) >= 11 is 0. The molecule has 0 spiro atoms. The van der Waals surface area contributed by atoms with Crippen LogP contribution in [0.3, 0.4) is 0 Å². The van der Waals surface area contributed by atoms with Gasteiger partial charge in [0.1, 0.15) is 11.5 Å². The Morgan fingerprint density at radius 2 is 0.788 bits per heavy atom. The van der Waals surface area contributed by atoms with Gasteiger partial charge in [0.05, 0.1) is 0 Å². The van der Waals surface area contributed by atoms with E-state index in [1.54, 1.807) is 0 Å². The van der Waals surface area contributed by atoms with Crippen LogP contribution in [0.5, 0.6) is 11.5 Å². The molecule has 192 valence electrons. The summed E-state index contributed by atoms with van der Waals surface area (Å²) in [5.74, 6) is -57.5. The highest BCUT2D eigenvalue weighted by molar-refractivity contribution is 5.30. The van der Waals surface area contributed by atoms with E-state index in [2.05, 4.69) is 4.74 Å². The largest absolute Gasteiger partial charge is 0.508 e. The number of aromatic hydroxyl groups is 1. The Hall–Kier alpha value is -2.31. The van der Waals surface area contributed by atoms with Gasteiger partial charge in [-0.3, -0.25) is 0 Å². The first-order valence-corrected chi connectivity index (χ1v) is 7.49. The van der Waals surface area contributed by atoms with Gasteiger partial charge in [-0.05, 0) is 24.3 Å². The molecule has 1 aromatic rings. The van der Waals surface area contributed by atoms with Crippen molar-refractivity contribution >= 4 is 0 Å². The van der Waals surface area contributed by atoms with Gasteiger partial charge in [-0.1, -0.05) is 0 Å². The fourth-order valence-corrected chi connectivity index (χ4v) is 1.91. The van der Waals surface area contributed by atoms with Crippen LogP contribution in [0.25, 0.3) is 0 Å². The lowest BCUT2D eigenvalue weighted by Crippen LogP contribution is -2.76. The second-order valence-electron chi connectivity index (χ2n) is 6.15. The molecule has 0 heterocycles. The minimum Gasteiger partial charge on any atom is -0.508 e. The fourth-order valence-electron chi connectivity index (χ4n) is 1.91. The van der Waals surface area contributed by atoms with Gasteiger partial charge in [0, 0.05) is 0 Å². The van der Waals surface area contributed by atoms with Crippen molar-refractivity contribution in [1.82, 2.24) is 0 Å². The molecule has 0 unspecified atom stereocenters. The summed E-state index contributed by atoms with van der Waals surface area (Å²) in [7, 11) is 0. The maximum Gasteiger partial charge on any atom is 0.460 e. The number of rotatable bonds is 8. The predicted octanol–water partition coefficient (Wildman–Crippen LogP) is 4.78. The molecule has 0 aliphatic rings. The van der Waals surface area contributed by atoms with Gasteiger partial charge in [-0.25, -0.2) is 0 Å². The van der Waals surface area contributed by atoms with Crippen LogP contribution in [0.2, 0.25) is 0 Å². The predicted molar refractivity (Wildman–Crippen MR) is 71.6 cm³/mol. The molecule has 3 N–H and O–H groups in total. The van der Waals surface area contributed by atoms with E-state index in [0.29, 0.717) is 12.1 Å². The van der Waals surface area contributed by atoms with Crippen LogP contribution in [0.1, 0.15) is 0 Å². The summed E-state index contributed by atoms with van der Waals surface area (Å²) < 4.78 is 200. The van der Waals surface area contributed by atoms with E-state index in [4.69, 9.17) is 15.3 Å². The topological polar surface area (TPSA) is 69.9 Å². The third kappa shape index (κ3) is 3.97. The van der Waals surface area contributed by atoms with E-state index in [1.165, 1.54) is 0 Å². The number of hydrogen-bond acceptors (Lipinski definition) is 4. The Balaban J connectivity index is 3.57. The summed E-state index contributed by atoms with van der Waals surface area (Å²) in [4.78, 5) is 0. The molecule has 0 radical (unpaired) electrons. The van der Waals surface area contributed by atoms with Gasteiger partial charge < -0.3 is 20.1 Å². The van der Waals surface area contributed by atoms with Crippen LogP contribution in [0.4, 0.5) is 65.9 Å². The zero-order valence-corrected chi connectivity index (χ0v) is 14.7. The molecule has 4 nitrogen and oxygen atoms in total. The molecule has 0 amide bonds. The van der Waals surface area contributed by atoms with Crippen molar-refractivity contribution in [2.45, 2.75) is 47.7 Å². The minimum atomic E-state index is -8.58. The second-order valence-corrected chi connectivity index (χ2v) is 6.15. The molecule has 19 heteroatoms. The van der Waals surface area contributed by atoms with E-state index < -0.39 is 59.2 Å². The zero-order valence-electron chi connectivity index (χ0n) is 14.7. The Labute approximate surface area is 170 Å². The van der Waals surface area contributed by atoms with Crippen molar-refractivity contribution in [3.8, 4) is 11.5 Å². The highest BCUT2D eigenvalue weighted by Crippen LogP contribution is 2.63. The molecule has 0 atom stereocenters. The van der Waals surface area contributed by atoms with Gasteiger partial charge in [-0.15, -0.1) is 0 Å². The SMILES string of the molecule is Oc1ccc(OC(O)(O)C(F)(F)C(F)(F)C(F)(F)C(F)(F)C(F)(F)C(F)(F)C(F)(F)F)cc1. The van der Waals surface area contributed by atoms with E-state index in [0.717, 1.165) is 0 Å². The second kappa shape index (κ2) is 7.60. The van der Waals surface area contributed by atoms with Crippen molar-refractivity contribution in [2.75, 3.05) is 0 Å². The Morgan fingerprint density at radius 1 is 0.485 bits per heavy atom. The number of phenolic OH excluding ortho intramolecular Hbond substituents is 1. The van der Waals surface area contributed by atoms with Gasteiger partial charge >= 0.3 is 47.7 Å². The lowest BCUT2D eigenvalue weighted by Gasteiger charge is -2.43. The number of aliphatic hydroxyl groups is 2. The molecule has 0 fully saturated rings. The first-order valence-electron chi connectivity index (χ1n) is 7.49. The Bertz CT molecular complexity index is 845. The third-order valence-corrected chi connectivity index (χ3v) is 3.83. The van der Waals surface area contributed by atoms with E-state index in [9.17, 15) is 65.9 Å². The molecule has 0 saturated carbocycles. The number of halogens is 15. The highest BCUT2D eigenvalue weighted by Gasteiger charge is 2.95. The number of alkyl halides is 15. The highest BCUT2D eigenvalue weighted by atomic mass is 19.4. The van der Waals surface area contributed by atoms with Crippen LogP contribution < -0.4 is 4.74 Å². The average Bonchev–Trinajstić information content (AvgIpc) is 2.61. The summed E-state index contributed by atoms with van der Waals surface area (Å²) in [6, 6.07) is 1.50. The van der Waals surface area contributed by atoms with Crippen molar-refractivity contribution in [1.29, 1.82) is 0 Å². The van der Waals surface area contributed by atoms with Gasteiger partial charge in [0.2, 0.25) is 0 Å². The molecular formula is C14H7F15O4. The smallest absolute Gasteiger partial charge is 0.460 e. The van der Waals surface area contributed by atoms with Crippen LogP contribution in [-0.2, 0) is 0 Å².